The summed E-state index contributed by atoms with van der Waals surface area (Å²) in [5.74, 6) is 0.526. The second-order valence-electron chi connectivity index (χ2n) is 6.10. The summed E-state index contributed by atoms with van der Waals surface area (Å²) in [6, 6.07) is -0.416. The van der Waals surface area contributed by atoms with Crippen molar-refractivity contribution in [3.8, 4) is 5.75 Å². The molecule has 2 rings (SSSR count). The Balaban J connectivity index is 1.98. The molecule has 1 atom stereocenters. The summed E-state index contributed by atoms with van der Waals surface area (Å²) >= 11 is 0. The molecule has 0 aliphatic heterocycles. The summed E-state index contributed by atoms with van der Waals surface area (Å²) in [6.45, 7) is 5.24. The topological polar surface area (TPSA) is 50.7 Å². The zero-order valence-electron chi connectivity index (χ0n) is 17.4. The summed E-state index contributed by atoms with van der Waals surface area (Å²) in [4.78, 5) is 0. The van der Waals surface area contributed by atoms with Crippen molar-refractivity contribution in [1.29, 1.82) is 0 Å². The fraction of sp³-hybridized carbons (Fsp3) is 0.667. The number of benzene rings is 1. The Bertz CT molecular complexity index is 580. The van der Waals surface area contributed by atoms with Gasteiger partial charge in [0.05, 0.1) is 12.1 Å². The first-order valence-corrected chi connectivity index (χ1v) is 8.02. The standard InChI is InChI=1S/C18H29NO3/c1-14(2)19-11-17(20)13-22-18-7-5-15(6-8-18)9-10-21-12-16-3-4-16/h5-8,14,16-17,19-20H,3-4,9-13H2,1-2H3/i5D,6D,7D,8D. The molecule has 0 aromatic heterocycles. The molecule has 1 unspecified atom stereocenters. The van der Waals surface area contributed by atoms with Gasteiger partial charge in [0.2, 0.25) is 0 Å². The lowest BCUT2D eigenvalue weighted by Gasteiger charge is -2.15. The van der Waals surface area contributed by atoms with Crippen LogP contribution in [0.1, 0.15) is 37.7 Å². The van der Waals surface area contributed by atoms with Gasteiger partial charge >= 0.3 is 0 Å². The summed E-state index contributed by atoms with van der Waals surface area (Å²) in [7, 11) is 0. The Morgan fingerprint density at radius 1 is 1.32 bits per heavy atom. The Morgan fingerprint density at radius 3 is 2.68 bits per heavy atom. The van der Waals surface area contributed by atoms with Crippen molar-refractivity contribution in [2.24, 2.45) is 5.92 Å². The predicted molar refractivity (Wildman–Crippen MR) is 88.3 cm³/mol. The van der Waals surface area contributed by atoms with Gasteiger partial charge in [-0.15, -0.1) is 0 Å². The van der Waals surface area contributed by atoms with Crippen LogP contribution in [0.4, 0.5) is 0 Å². The quantitative estimate of drug-likeness (QED) is 0.616. The molecule has 0 heterocycles. The number of aliphatic hydroxyl groups excluding tert-OH is 1. The van der Waals surface area contributed by atoms with E-state index < -0.39 is 6.10 Å². The van der Waals surface area contributed by atoms with Gasteiger partial charge < -0.3 is 19.9 Å². The van der Waals surface area contributed by atoms with Crippen LogP contribution in [0.25, 0.3) is 0 Å². The van der Waals surface area contributed by atoms with Crippen LogP contribution in [0, 0.1) is 5.92 Å². The molecule has 1 aromatic rings. The van der Waals surface area contributed by atoms with Crippen LogP contribution >= 0.6 is 0 Å². The van der Waals surface area contributed by atoms with E-state index in [4.69, 9.17) is 15.0 Å². The Labute approximate surface area is 139 Å². The monoisotopic (exact) mass is 311 g/mol. The normalized spacial score (nSPS) is 18.5. The molecule has 0 bridgehead atoms. The summed E-state index contributed by atoms with van der Waals surface area (Å²) < 4.78 is 43.4. The van der Waals surface area contributed by atoms with Gasteiger partial charge in [-0.05, 0) is 42.8 Å². The summed E-state index contributed by atoms with van der Waals surface area (Å²) in [5, 5.41) is 13.0. The van der Waals surface area contributed by atoms with Crippen molar-refractivity contribution >= 4 is 0 Å². The molecule has 0 saturated heterocycles. The van der Waals surface area contributed by atoms with Gasteiger partial charge in [0, 0.05) is 19.2 Å². The van der Waals surface area contributed by atoms with E-state index in [2.05, 4.69) is 5.32 Å². The lowest BCUT2D eigenvalue weighted by Crippen LogP contribution is -2.35. The smallest absolute Gasteiger partial charge is 0.119 e. The molecule has 0 spiro atoms. The van der Waals surface area contributed by atoms with Crippen molar-refractivity contribution in [2.75, 3.05) is 26.4 Å². The third kappa shape index (κ3) is 7.25. The van der Waals surface area contributed by atoms with Crippen LogP contribution in [0.3, 0.4) is 0 Å². The van der Waals surface area contributed by atoms with Gasteiger partial charge in [-0.1, -0.05) is 25.9 Å². The highest BCUT2D eigenvalue weighted by Gasteiger charge is 2.20. The molecule has 22 heavy (non-hydrogen) atoms. The molecular formula is C18H29NO3. The average molecular weight is 311 g/mol. The fourth-order valence-electron chi connectivity index (χ4n) is 1.84. The minimum absolute atomic E-state index is 0.0970. The molecule has 1 saturated carbocycles. The van der Waals surface area contributed by atoms with E-state index in [0.717, 1.165) is 0 Å². The van der Waals surface area contributed by atoms with Crippen LogP contribution in [-0.4, -0.2) is 43.6 Å². The molecule has 124 valence electrons. The van der Waals surface area contributed by atoms with Crippen molar-refractivity contribution in [1.82, 2.24) is 5.32 Å². The summed E-state index contributed by atoms with van der Waals surface area (Å²) in [5.41, 5.74) is 0.338. The Kier molecular flexibility index (Phi) is 5.12. The molecule has 4 nitrogen and oxygen atoms in total. The number of ether oxygens (including phenoxy) is 2. The van der Waals surface area contributed by atoms with E-state index >= 15 is 0 Å². The second-order valence-corrected chi connectivity index (χ2v) is 6.10. The highest BCUT2D eigenvalue weighted by Crippen LogP contribution is 2.28. The van der Waals surface area contributed by atoms with Crippen LogP contribution in [0.5, 0.6) is 5.75 Å². The maximum Gasteiger partial charge on any atom is 0.119 e. The molecule has 1 aliphatic carbocycles. The lowest BCUT2D eigenvalue weighted by atomic mass is 10.1. The molecule has 1 aromatic carbocycles. The molecular weight excluding hydrogens is 278 g/mol. The van der Waals surface area contributed by atoms with Gasteiger partial charge in [-0.3, -0.25) is 0 Å². The van der Waals surface area contributed by atoms with E-state index in [-0.39, 0.29) is 42.6 Å². The van der Waals surface area contributed by atoms with E-state index in [1.807, 2.05) is 13.8 Å². The fourth-order valence-corrected chi connectivity index (χ4v) is 1.84. The van der Waals surface area contributed by atoms with E-state index in [1.165, 1.54) is 12.8 Å². The average Bonchev–Trinajstić information content (AvgIpc) is 3.41. The van der Waals surface area contributed by atoms with Crippen LogP contribution in [0.2, 0.25) is 0 Å². The van der Waals surface area contributed by atoms with Gasteiger partial charge in [0.1, 0.15) is 18.5 Å². The third-order valence-electron chi connectivity index (χ3n) is 3.38. The zero-order valence-corrected chi connectivity index (χ0v) is 13.4. The van der Waals surface area contributed by atoms with Crippen LogP contribution < -0.4 is 10.1 Å². The molecule has 2 N–H and O–H groups in total. The van der Waals surface area contributed by atoms with Gasteiger partial charge in [-0.25, -0.2) is 0 Å². The van der Waals surface area contributed by atoms with Crippen molar-refractivity contribution < 1.29 is 20.1 Å². The van der Waals surface area contributed by atoms with E-state index in [1.54, 1.807) is 0 Å². The van der Waals surface area contributed by atoms with Crippen LogP contribution in [-0.2, 0) is 11.2 Å². The minimum atomic E-state index is -0.796. The summed E-state index contributed by atoms with van der Waals surface area (Å²) in [6.07, 6.45) is 1.94. The maximum atomic E-state index is 9.91. The first-order chi connectivity index (χ1) is 12.3. The number of nitrogens with one attached hydrogen (secondary N) is 1. The SMILES string of the molecule is [2H]c1c([2H])c(OCC(O)CNC(C)C)c([2H])c([2H])c1CCOCC1CC1. The highest BCUT2D eigenvalue weighted by atomic mass is 16.5. The second kappa shape index (κ2) is 9.13. The molecule has 4 heteroatoms. The molecule has 1 fully saturated rings. The van der Waals surface area contributed by atoms with Crippen molar-refractivity contribution in [2.45, 2.75) is 45.3 Å². The number of aliphatic hydroxyl groups is 1. The van der Waals surface area contributed by atoms with Gasteiger partial charge in [-0.2, -0.15) is 0 Å². The number of rotatable bonds is 11. The zero-order chi connectivity index (χ0) is 19.3. The first kappa shape index (κ1) is 12.3. The first-order valence-electron chi connectivity index (χ1n) is 10.0. The third-order valence-corrected chi connectivity index (χ3v) is 3.38. The largest absolute Gasteiger partial charge is 0.491 e. The van der Waals surface area contributed by atoms with Crippen molar-refractivity contribution in [3.05, 3.63) is 29.7 Å². The number of hydrogen-bond acceptors (Lipinski definition) is 4. The Hall–Kier alpha value is -1.10. The molecule has 0 radical (unpaired) electrons. The molecule has 1 aliphatic rings. The predicted octanol–water partition coefficient (Wildman–Crippen LogP) is 2.39. The van der Waals surface area contributed by atoms with Gasteiger partial charge in [0.25, 0.3) is 0 Å². The number of hydrogen-bond donors (Lipinski definition) is 2. The Morgan fingerprint density at radius 2 is 2.05 bits per heavy atom. The molecule has 0 amide bonds. The lowest BCUT2D eigenvalue weighted by molar-refractivity contribution is 0.104. The minimum Gasteiger partial charge on any atom is -0.491 e. The van der Waals surface area contributed by atoms with Crippen molar-refractivity contribution in [3.63, 3.8) is 0 Å². The van der Waals surface area contributed by atoms with E-state index in [9.17, 15) is 5.11 Å². The maximum absolute atomic E-state index is 9.91. The highest BCUT2D eigenvalue weighted by molar-refractivity contribution is 5.27. The van der Waals surface area contributed by atoms with Crippen LogP contribution in [0.15, 0.2) is 24.2 Å². The van der Waals surface area contributed by atoms with E-state index in [0.29, 0.717) is 37.7 Å². The van der Waals surface area contributed by atoms with Gasteiger partial charge in [0.15, 0.2) is 0 Å².